The Hall–Kier alpha value is -2.41. The summed E-state index contributed by atoms with van der Waals surface area (Å²) in [5.74, 6) is 4.60. The maximum absolute atomic E-state index is 11.5. The summed E-state index contributed by atoms with van der Waals surface area (Å²) in [6.07, 6.45) is 0.510. The quantitative estimate of drug-likeness (QED) is 0.336. The first-order chi connectivity index (χ1) is 9.63. The number of nitrogens with two attached hydrogens (primary N) is 1. The molecule has 0 atom stereocenters. The van der Waals surface area contributed by atoms with Gasteiger partial charge < -0.3 is 4.74 Å². The van der Waals surface area contributed by atoms with Crippen LogP contribution in [0.1, 0.15) is 23.2 Å². The SMILES string of the molecule is NNC(=O)c1ccccc1OCCN1C(=O)CCC1=O. The topological polar surface area (TPSA) is 102 Å². The lowest BCUT2D eigenvalue weighted by Crippen LogP contribution is -2.33. The van der Waals surface area contributed by atoms with E-state index in [0.29, 0.717) is 11.3 Å². The number of nitrogens with zero attached hydrogens (tertiary/aromatic N) is 1. The second-order valence-corrected chi connectivity index (χ2v) is 4.26. The van der Waals surface area contributed by atoms with Gasteiger partial charge in [0.15, 0.2) is 0 Å². The highest BCUT2D eigenvalue weighted by Gasteiger charge is 2.28. The van der Waals surface area contributed by atoms with Gasteiger partial charge >= 0.3 is 0 Å². The van der Waals surface area contributed by atoms with Crippen LogP contribution in [-0.2, 0) is 9.59 Å². The van der Waals surface area contributed by atoms with Crippen LogP contribution < -0.4 is 16.0 Å². The molecule has 1 aromatic carbocycles. The van der Waals surface area contributed by atoms with Crippen LogP contribution in [0.4, 0.5) is 0 Å². The van der Waals surface area contributed by atoms with Gasteiger partial charge in [0.2, 0.25) is 11.8 Å². The fourth-order valence-electron chi connectivity index (χ4n) is 1.98. The second-order valence-electron chi connectivity index (χ2n) is 4.26. The molecule has 106 valence electrons. The highest BCUT2D eigenvalue weighted by Crippen LogP contribution is 2.18. The smallest absolute Gasteiger partial charge is 0.268 e. The third kappa shape index (κ3) is 2.94. The number of hydrogen-bond donors (Lipinski definition) is 2. The van der Waals surface area contributed by atoms with E-state index in [2.05, 4.69) is 0 Å². The summed E-state index contributed by atoms with van der Waals surface area (Å²) < 4.78 is 5.46. The number of para-hydroxylation sites is 1. The number of hydrogen-bond acceptors (Lipinski definition) is 5. The van der Waals surface area contributed by atoms with Crippen molar-refractivity contribution in [3.05, 3.63) is 29.8 Å². The van der Waals surface area contributed by atoms with Gasteiger partial charge in [-0.05, 0) is 12.1 Å². The first kappa shape index (κ1) is 14.0. The molecule has 0 spiro atoms. The first-order valence-corrected chi connectivity index (χ1v) is 6.19. The summed E-state index contributed by atoms with van der Waals surface area (Å²) in [4.78, 5) is 35.5. The van der Waals surface area contributed by atoms with E-state index >= 15 is 0 Å². The van der Waals surface area contributed by atoms with E-state index < -0.39 is 5.91 Å². The van der Waals surface area contributed by atoms with Crippen molar-refractivity contribution in [2.45, 2.75) is 12.8 Å². The van der Waals surface area contributed by atoms with Crippen LogP contribution in [0, 0.1) is 0 Å². The minimum absolute atomic E-state index is 0.131. The molecule has 7 nitrogen and oxygen atoms in total. The number of hydrazine groups is 1. The average molecular weight is 277 g/mol. The van der Waals surface area contributed by atoms with Crippen molar-refractivity contribution in [2.75, 3.05) is 13.2 Å². The van der Waals surface area contributed by atoms with Crippen molar-refractivity contribution in [3.63, 3.8) is 0 Å². The van der Waals surface area contributed by atoms with Gasteiger partial charge in [0.25, 0.3) is 5.91 Å². The molecule has 0 aromatic heterocycles. The van der Waals surface area contributed by atoms with Crippen molar-refractivity contribution < 1.29 is 19.1 Å². The van der Waals surface area contributed by atoms with Crippen LogP contribution in [0.2, 0.25) is 0 Å². The predicted molar refractivity (Wildman–Crippen MR) is 69.5 cm³/mol. The number of imide groups is 1. The Kier molecular flexibility index (Phi) is 4.31. The Morgan fingerprint density at radius 3 is 2.55 bits per heavy atom. The Morgan fingerprint density at radius 1 is 1.25 bits per heavy atom. The number of carbonyl (C=O) groups excluding carboxylic acids is 3. The molecule has 1 aliphatic heterocycles. The molecule has 3 N–H and O–H groups in total. The van der Waals surface area contributed by atoms with Crippen LogP contribution in [0.3, 0.4) is 0 Å². The summed E-state index contributed by atoms with van der Waals surface area (Å²) in [7, 11) is 0. The molecule has 1 heterocycles. The lowest BCUT2D eigenvalue weighted by Gasteiger charge is -2.15. The maximum atomic E-state index is 11.5. The summed E-state index contributed by atoms with van der Waals surface area (Å²) in [5.41, 5.74) is 2.33. The standard InChI is InChI=1S/C13H15N3O4/c14-15-13(19)9-3-1-2-4-10(9)20-8-7-16-11(17)5-6-12(16)18/h1-4H,5-8,14H2,(H,15,19). The Labute approximate surface area is 115 Å². The normalized spacial score (nSPS) is 14.6. The second kappa shape index (κ2) is 6.16. The van der Waals surface area contributed by atoms with Crippen molar-refractivity contribution in [3.8, 4) is 5.75 Å². The molecule has 1 fully saturated rings. The number of benzene rings is 1. The Balaban J connectivity index is 1.96. The number of likely N-dealkylation sites (tertiary alicyclic amines) is 1. The average Bonchev–Trinajstić information content (AvgIpc) is 2.78. The number of rotatable bonds is 5. The molecular weight excluding hydrogens is 262 g/mol. The number of ether oxygens (including phenoxy) is 1. The largest absolute Gasteiger partial charge is 0.491 e. The van der Waals surface area contributed by atoms with Gasteiger partial charge in [-0.3, -0.25) is 24.7 Å². The molecule has 1 saturated heterocycles. The van der Waals surface area contributed by atoms with E-state index in [9.17, 15) is 14.4 Å². The molecule has 1 aromatic rings. The van der Waals surface area contributed by atoms with Crippen LogP contribution in [0.5, 0.6) is 5.75 Å². The fraction of sp³-hybridized carbons (Fsp3) is 0.308. The minimum atomic E-state index is -0.464. The van der Waals surface area contributed by atoms with Gasteiger partial charge in [-0.1, -0.05) is 12.1 Å². The molecule has 0 saturated carbocycles. The molecule has 1 aliphatic rings. The summed E-state index contributed by atoms with van der Waals surface area (Å²) in [5, 5.41) is 0. The molecule has 0 unspecified atom stereocenters. The summed E-state index contributed by atoms with van der Waals surface area (Å²) >= 11 is 0. The van der Waals surface area contributed by atoms with E-state index in [1.807, 2.05) is 5.43 Å². The van der Waals surface area contributed by atoms with Gasteiger partial charge in [0, 0.05) is 12.8 Å². The van der Waals surface area contributed by atoms with Crippen molar-refractivity contribution in [1.29, 1.82) is 0 Å². The lowest BCUT2D eigenvalue weighted by atomic mass is 10.2. The summed E-state index contributed by atoms with van der Waals surface area (Å²) in [6.45, 7) is 0.308. The van der Waals surface area contributed by atoms with E-state index in [-0.39, 0.29) is 37.8 Å². The minimum Gasteiger partial charge on any atom is -0.491 e. The monoisotopic (exact) mass is 277 g/mol. The van der Waals surface area contributed by atoms with E-state index in [0.717, 1.165) is 0 Å². The van der Waals surface area contributed by atoms with Crippen molar-refractivity contribution >= 4 is 17.7 Å². The van der Waals surface area contributed by atoms with E-state index in [1.165, 1.54) is 4.90 Å². The number of nitrogen functional groups attached to an aromatic ring is 1. The van der Waals surface area contributed by atoms with Crippen LogP contribution >= 0.6 is 0 Å². The third-order valence-corrected chi connectivity index (χ3v) is 2.99. The van der Waals surface area contributed by atoms with E-state index in [1.54, 1.807) is 24.3 Å². The number of carbonyl (C=O) groups is 3. The molecule has 0 radical (unpaired) electrons. The van der Waals surface area contributed by atoms with Crippen LogP contribution in [0.25, 0.3) is 0 Å². The molecular formula is C13H15N3O4. The predicted octanol–water partition coefficient (Wildman–Crippen LogP) is -0.182. The highest BCUT2D eigenvalue weighted by molar-refractivity contribution is 6.01. The van der Waals surface area contributed by atoms with E-state index in [4.69, 9.17) is 10.6 Å². The number of amides is 3. The zero-order valence-electron chi connectivity index (χ0n) is 10.8. The zero-order chi connectivity index (χ0) is 14.5. The lowest BCUT2D eigenvalue weighted by molar-refractivity contribution is -0.138. The van der Waals surface area contributed by atoms with Crippen molar-refractivity contribution in [1.82, 2.24) is 10.3 Å². The maximum Gasteiger partial charge on any atom is 0.268 e. The van der Waals surface area contributed by atoms with Gasteiger partial charge in [0.1, 0.15) is 12.4 Å². The molecule has 2 rings (SSSR count). The van der Waals surface area contributed by atoms with Gasteiger partial charge in [-0.15, -0.1) is 0 Å². The highest BCUT2D eigenvalue weighted by atomic mass is 16.5. The first-order valence-electron chi connectivity index (χ1n) is 6.19. The molecule has 0 aliphatic carbocycles. The van der Waals surface area contributed by atoms with Gasteiger partial charge in [-0.2, -0.15) is 0 Å². The summed E-state index contributed by atoms with van der Waals surface area (Å²) in [6, 6.07) is 6.60. The molecule has 3 amide bonds. The zero-order valence-corrected chi connectivity index (χ0v) is 10.8. The fourth-order valence-corrected chi connectivity index (χ4v) is 1.98. The molecule has 0 bridgehead atoms. The van der Waals surface area contributed by atoms with Crippen molar-refractivity contribution in [2.24, 2.45) is 5.84 Å². The van der Waals surface area contributed by atoms with Crippen LogP contribution in [0.15, 0.2) is 24.3 Å². The Morgan fingerprint density at radius 2 is 1.90 bits per heavy atom. The Bertz CT molecular complexity index is 528. The third-order valence-electron chi connectivity index (χ3n) is 2.99. The van der Waals surface area contributed by atoms with Gasteiger partial charge in [0.05, 0.1) is 12.1 Å². The number of nitrogens with one attached hydrogen (secondary N) is 1. The molecule has 20 heavy (non-hydrogen) atoms. The van der Waals surface area contributed by atoms with Crippen LogP contribution in [-0.4, -0.2) is 35.8 Å². The van der Waals surface area contributed by atoms with Gasteiger partial charge in [-0.25, -0.2) is 5.84 Å². The molecule has 7 heteroatoms.